The van der Waals surface area contributed by atoms with Gasteiger partial charge in [-0.25, -0.2) is 0 Å². The molecule has 2 aromatic rings. The van der Waals surface area contributed by atoms with Crippen LogP contribution in [0.5, 0.6) is 0 Å². The number of aromatic nitrogens is 1. The van der Waals surface area contributed by atoms with E-state index in [0.29, 0.717) is 10.0 Å². The minimum atomic E-state index is -0.124. The van der Waals surface area contributed by atoms with Crippen LogP contribution in [0.1, 0.15) is 5.69 Å². The summed E-state index contributed by atoms with van der Waals surface area (Å²) in [5, 5.41) is 0.990. The summed E-state index contributed by atoms with van der Waals surface area (Å²) in [4.78, 5) is 14.0. The smallest absolute Gasteiger partial charge is 0.248 e. The molecule has 0 unspecified atom stereocenters. The number of halogens is 2. The minimum Gasteiger partial charge on any atom is -0.326 e. The van der Waals surface area contributed by atoms with Crippen LogP contribution in [0.4, 0.5) is 0 Å². The van der Waals surface area contributed by atoms with E-state index in [1.165, 1.54) is 6.07 Å². The van der Waals surface area contributed by atoms with Gasteiger partial charge in [0, 0.05) is 11.8 Å². The molecule has 0 bridgehead atoms. The Hall–Kier alpha value is -1.25. The highest BCUT2D eigenvalue weighted by atomic mass is 35.5. The second-order valence-electron chi connectivity index (χ2n) is 3.55. The quantitative estimate of drug-likeness (QED) is 0.827. The largest absolute Gasteiger partial charge is 0.326 e. The topological polar surface area (TPSA) is 32.9 Å². The average Bonchev–Trinajstić information content (AvgIpc) is 2.20. The maximum Gasteiger partial charge on any atom is 0.248 e. The van der Waals surface area contributed by atoms with Crippen LogP contribution in [0.15, 0.2) is 35.1 Å². The van der Waals surface area contributed by atoms with Crippen molar-refractivity contribution in [2.24, 2.45) is 0 Å². The van der Waals surface area contributed by atoms with Crippen LogP contribution >= 0.6 is 23.2 Å². The molecule has 0 atom stereocenters. The Morgan fingerprint density at radius 2 is 1.75 bits per heavy atom. The predicted octanol–water partition coefficient (Wildman–Crippen LogP) is 3.66. The van der Waals surface area contributed by atoms with Crippen LogP contribution < -0.4 is 5.56 Å². The lowest BCUT2D eigenvalue weighted by Gasteiger charge is -2.04. The van der Waals surface area contributed by atoms with Gasteiger partial charge in [0.2, 0.25) is 5.56 Å². The molecule has 82 valence electrons. The van der Waals surface area contributed by atoms with E-state index in [1.54, 1.807) is 12.1 Å². The van der Waals surface area contributed by atoms with Gasteiger partial charge in [-0.15, -0.1) is 0 Å². The summed E-state index contributed by atoms with van der Waals surface area (Å²) < 4.78 is 0. The third-order valence-electron chi connectivity index (χ3n) is 2.23. The summed E-state index contributed by atoms with van der Waals surface area (Å²) >= 11 is 11.8. The highest BCUT2D eigenvalue weighted by Gasteiger charge is 2.03. The first-order valence-electron chi connectivity index (χ1n) is 4.72. The van der Waals surface area contributed by atoms with Crippen molar-refractivity contribution in [1.82, 2.24) is 4.98 Å². The van der Waals surface area contributed by atoms with E-state index >= 15 is 0 Å². The summed E-state index contributed by atoms with van der Waals surface area (Å²) in [7, 11) is 0. The molecule has 16 heavy (non-hydrogen) atoms. The number of aromatic amines is 1. The van der Waals surface area contributed by atoms with Gasteiger partial charge in [-0.1, -0.05) is 29.3 Å². The van der Waals surface area contributed by atoms with Crippen molar-refractivity contribution in [3.8, 4) is 11.1 Å². The zero-order valence-electron chi connectivity index (χ0n) is 8.55. The van der Waals surface area contributed by atoms with Crippen molar-refractivity contribution in [1.29, 1.82) is 0 Å². The number of H-pyrrole nitrogens is 1. The zero-order valence-corrected chi connectivity index (χ0v) is 10.1. The van der Waals surface area contributed by atoms with Crippen LogP contribution in [0.3, 0.4) is 0 Å². The molecule has 0 aliphatic carbocycles. The Morgan fingerprint density at radius 3 is 2.38 bits per heavy atom. The Balaban J connectivity index is 2.58. The van der Waals surface area contributed by atoms with Gasteiger partial charge in [0.25, 0.3) is 0 Å². The van der Waals surface area contributed by atoms with Gasteiger partial charge in [0.15, 0.2) is 0 Å². The van der Waals surface area contributed by atoms with Gasteiger partial charge in [0.1, 0.15) is 0 Å². The second-order valence-corrected chi connectivity index (χ2v) is 4.36. The molecular formula is C12H9Cl2NO. The summed E-state index contributed by atoms with van der Waals surface area (Å²) in [6.45, 7) is 1.84. The van der Waals surface area contributed by atoms with E-state index in [2.05, 4.69) is 4.98 Å². The van der Waals surface area contributed by atoms with E-state index in [4.69, 9.17) is 23.2 Å². The molecule has 0 spiro atoms. The molecule has 1 aromatic carbocycles. The number of aryl methyl sites for hydroxylation is 1. The number of benzene rings is 1. The molecule has 1 aromatic heterocycles. The number of pyridine rings is 1. The summed E-state index contributed by atoms with van der Waals surface area (Å²) in [6.07, 6.45) is 0. The predicted molar refractivity (Wildman–Crippen MR) is 67.3 cm³/mol. The van der Waals surface area contributed by atoms with Crippen molar-refractivity contribution in [3.05, 3.63) is 56.4 Å². The standard InChI is InChI=1S/C12H9Cl2NO/c1-7-4-9(6-12(16)15-7)8-2-3-10(13)11(14)5-8/h2-6H,1H3,(H,15,16). The molecular weight excluding hydrogens is 245 g/mol. The van der Waals surface area contributed by atoms with E-state index in [-0.39, 0.29) is 5.56 Å². The van der Waals surface area contributed by atoms with Crippen LogP contribution in [0.2, 0.25) is 10.0 Å². The highest BCUT2D eigenvalue weighted by Crippen LogP contribution is 2.27. The van der Waals surface area contributed by atoms with Crippen molar-refractivity contribution >= 4 is 23.2 Å². The first kappa shape index (κ1) is 11.2. The number of hydrogen-bond acceptors (Lipinski definition) is 1. The maximum atomic E-state index is 11.3. The molecule has 0 aliphatic rings. The number of rotatable bonds is 1. The minimum absolute atomic E-state index is 0.124. The van der Waals surface area contributed by atoms with Gasteiger partial charge < -0.3 is 4.98 Å². The lowest BCUT2D eigenvalue weighted by Crippen LogP contribution is -2.05. The lowest BCUT2D eigenvalue weighted by atomic mass is 10.1. The Bertz CT molecular complexity index is 590. The molecule has 4 heteroatoms. The van der Waals surface area contributed by atoms with Crippen molar-refractivity contribution in [2.75, 3.05) is 0 Å². The fraction of sp³-hybridized carbons (Fsp3) is 0.0833. The van der Waals surface area contributed by atoms with Gasteiger partial charge in [-0.3, -0.25) is 4.79 Å². The molecule has 0 saturated carbocycles. The maximum absolute atomic E-state index is 11.3. The molecule has 0 radical (unpaired) electrons. The van der Waals surface area contributed by atoms with Gasteiger partial charge in [-0.2, -0.15) is 0 Å². The molecule has 0 saturated heterocycles. The van der Waals surface area contributed by atoms with Crippen molar-refractivity contribution in [3.63, 3.8) is 0 Å². The van der Waals surface area contributed by atoms with Gasteiger partial charge >= 0.3 is 0 Å². The molecule has 0 aliphatic heterocycles. The van der Waals surface area contributed by atoms with Crippen molar-refractivity contribution < 1.29 is 0 Å². The summed E-state index contributed by atoms with van der Waals surface area (Å²) in [5.74, 6) is 0. The molecule has 1 N–H and O–H groups in total. The van der Waals surface area contributed by atoms with Crippen LogP contribution in [-0.4, -0.2) is 4.98 Å². The molecule has 0 amide bonds. The molecule has 0 fully saturated rings. The van der Waals surface area contributed by atoms with Crippen LogP contribution in [0, 0.1) is 6.92 Å². The first-order valence-corrected chi connectivity index (χ1v) is 5.48. The monoisotopic (exact) mass is 253 g/mol. The third-order valence-corrected chi connectivity index (χ3v) is 2.97. The number of hydrogen-bond donors (Lipinski definition) is 1. The SMILES string of the molecule is Cc1cc(-c2ccc(Cl)c(Cl)c2)cc(=O)[nH]1. The van der Waals surface area contributed by atoms with Crippen molar-refractivity contribution in [2.45, 2.75) is 6.92 Å². The normalized spacial score (nSPS) is 10.4. The Kier molecular flexibility index (Phi) is 3.03. The first-order chi connectivity index (χ1) is 7.56. The lowest BCUT2D eigenvalue weighted by molar-refractivity contribution is 1.14. The van der Waals surface area contributed by atoms with E-state index in [0.717, 1.165) is 16.8 Å². The molecule has 1 heterocycles. The summed E-state index contributed by atoms with van der Waals surface area (Å²) in [6, 6.07) is 8.73. The fourth-order valence-electron chi connectivity index (χ4n) is 1.53. The average molecular weight is 254 g/mol. The van der Waals surface area contributed by atoms with Gasteiger partial charge in [0.05, 0.1) is 10.0 Å². The van der Waals surface area contributed by atoms with Crippen LogP contribution in [-0.2, 0) is 0 Å². The Labute approximate surface area is 103 Å². The Morgan fingerprint density at radius 1 is 1.00 bits per heavy atom. The van der Waals surface area contributed by atoms with Crippen LogP contribution in [0.25, 0.3) is 11.1 Å². The third kappa shape index (κ3) is 2.29. The summed E-state index contributed by atoms with van der Waals surface area (Å²) in [5.41, 5.74) is 2.40. The van der Waals surface area contributed by atoms with E-state index in [1.807, 2.05) is 19.1 Å². The zero-order chi connectivity index (χ0) is 11.7. The second kappa shape index (κ2) is 4.32. The van der Waals surface area contributed by atoms with E-state index < -0.39 is 0 Å². The molecule has 2 nitrogen and oxygen atoms in total. The molecule has 2 rings (SSSR count). The fourth-order valence-corrected chi connectivity index (χ4v) is 1.82. The van der Waals surface area contributed by atoms with E-state index in [9.17, 15) is 4.79 Å². The van der Waals surface area contributed by atoms with Gasteiger partial charge in [-0.05, 0) is 36.2 Å². The number of nitrogens with one attached hydrogen (secondary N) is 1. The highest BCUT2D eigenvalue weighted by molar-refractivity contribution is 6.42.